The zero-order valence-electron chi connectivity index (χ0n) is 23.9. The molecular formula is C29H38N4O9. The molecule has 13 heteroatoms. The minimum Gasteiger partial charge on any atom is -0.508 e. The Hall–Kier alpha value is -3.33. The fourth-order valence-electron chi connectivity index (χ4n) is 7.07. The summed E-state index contributed by atoms with van der Waals surface area (Å²) in [7, 11) is 3.10. The van der Waals surface area contributed by atoms with Crippen LogP contribution in [-0.2, 0) is 20.0 Å². The highest BCUT2D eigenvalue weighted by molar-refractivity contribution is 6.25. The van der Waals surface area contributed by atoms with Crippen molar-refractivity contribution in [2.24, 2.45) is 11.8 Å². The maximum Gasteiger partial charge on any atom is 0.259 e. The molecule has 1 saturated carbocycles. The number of fused-ring (bicyclic) bond motifs is 3. The standard InChI is InChI=1S/C29H38N4O9/c1-28(41)15-5-4-6-18(35)19(15)23(36)20-16(28)13-17-22(31(2)3)24(37)21(26(39)29(17,42)25(20)38)27(40)30-14-33-9-7-32(8-10-33)11-12-34/h4-6,16-17,22,34-36,39,41-42H,7-14H2,1-3H3,(H,30,40)/t16-,17-,22-,28+,29-/m1/s1. The van der Waals surface area contributed by atoms with Gasteiger partial charge in [0.1, 0.15) is 22.8 Å². The summed E-state index contributed by atoms with van der Waals surface area (Å²) in [6, 6.07) is 3.06. The largest absolute Gasteiger partial charge is 0.508 e. The highest BCUT2D eigenvalue weighted by atomic mass is 16.3. The molecule has 1 aliphatic heterocycles. The van der Waals surface area contributed by atoms with Crippen molar-refractivity contribution in [2.75, 3.05) is 60.1 Å². The smallest absolute Gasteiger partial charge is 0.259 e. The van der Waals surface area contributed by atoms with Crippen molar-refractivity contribution in [2.45, 2.75) is 30.6 Å². The van der Waals surface area contributed by atoms with Gasteiger partial charge in [0, 0.05) is 50.1 Å². The van der Waals surface area contributed by atoms with Crippen molar-refractivity contribution in [1.82, 2.24) is 20.0 Å². The monoisotopic (exact) mass is 586 g/mol. The molecule has 0 unspecified atom stereocenters. The van der Waals surface area contributed by atoms with E-state index in [-0.39, 0.29) is 36.6 Å². The van der Waals surface area contributed by atoms with Gasteiger partial charge in [0.2, 0.25) is 5.78 Å². The van der Waals surface area contributed by atoms with Gasteiger partial charge in [-0.3, -0.25) is 29.1 Å². The summed E-state index contributed by atoms with van der Waals surface area (Å²) in [6.07, 6.45) is -0.199. The number of hydrogen-bond acceptors (Lipinski definition) is 12. The van der Waals surface area contributed by atoms with E-state index < -0.39 is 69.2 Å². The molecule has 13 nitrogen and oxygen atoms in total. The second-order valence-corrected chi connectivity index (χ2v) is 11.9. The number of rotatable bonds is 6. The number of piperazine rings is 1. The van der Waals surface area contributed by atoms with Crippen LogP contribution in [0, 0.1) is 11.8 Å². The maximum atomic E-state index is 14.1. The Morgan fingerprint density at radius 1 is 1.07 bits per heavy atom. The van der Waals surface area contributed by atoms with Gasteiger partial charge in [-0.1, -0.05) is 12.1 Å². The fraction of sp³-hybridized carbons (Fsp3) is 0.552. The molecule has 0 bridgehead atoms. The zero-order chi connectivity index (χ0) is 30.7. The molecule has 3 aliphatic carbocycles. The lowest BCUT2D eigenvalue weighted by Gasteiger charge is -2.53. The first-order chi connectivity index (χ1) is 19.8. The van der Waals surface area contributed by atoms with Crippen molar-refractivity contribution in [1.29, 1.82) is 0 Å². The molecule has 42 heavy (non-hydrogen) atoms. The average Bonchev–Trinajstić information content (AvgIpc) is 2.93. The zero-order valence-corrected chi connectivity index (χ0v) is 23.9. The highest BCUT2D eigenvalue weighted by Crippen LogP contribution is 2.57. The number of ketones is 2. The van der Waals surface area contributed by atoms with E-state index in [0.717, 1.165) is 0 Å². The highest BCUT2D eigenvalue weighted by Gasteiger charge is 2.66. The number of phenols is 1. The van der Waals surface area contributed by atoms with Gasteiger partial charge < -0.3 is 36.0 Å². The van der Waals surface area contributed by atoms with Gasteiger partial charge in [0.25, 0.3) is 5.91 Å². The number of aliphatic hydroxyl groups is 5. The maximum absolute atomic E-state index is 14.1. The SMILES string of the molecule is CN(C)[C@H]1C(=O)C(C(=O)NCN2CCN(CCO)CC2)=C(O)[C@]2(O)C(=O)C3=C(O)c4c(O)cccc4[C@](C)(O)[C@@H]3C[C@H]12. The molecule has 228 valence electrons. The van der Waals surface area contributed by atoms with E-state index >= 15 is 0 Å². The third kappa shape index (κ3) is 4.43. The molecule has 1 heterocycles. The normalized spacial score (nSPS) is 32.1. The number of β-amino-alcohol motifs (C(OH)–C–C–N with tert-alkyl or cyclic N) is 1. The van der Waals surface area contributed by atoms with Crippen LogP contribution >= 0.6 is 0 Å². The van der Waals surface area contributed by atoms with E-state index in [9.17, 15) is 39.9 Å². The van der Waals surface area contributed by atoms with Crippen LogP contribution in [-0.4, -0.2) is 135 Å². The number of aromatic hydroxyl groups is 1. The van der Waals surface area contributed by atoms with E-state index in [0.29, 0.717) is 32.7 Å². The molecule has 1 aromatic carbocycles. The summed E-state index contributed by atoms with van der Waals surface area (Å²) < 4.78 is 0. The summed E-state index contributed by atoms with van der Waals surface area (Å²) in [5, 5.41) is 68.5. The number of phenolic OH excluding ortho intramolecular Hbond substituents is 1. The number of hydrogen-bond donors (Lipinski definition) is 7. The lowest BCUT2D eigenvalue weighted by molar-refractivity contribution is -0.159. The van der Waals surface area contributed by atoms with Crippen molar-refractivity contribution in [3.05, 3.63) is 46.2 Å². The number of nitrogens with zero attached hydrogens (tertiary/aromatic N) is 3. The molecule has 7 N–H and O–H groups in total. The van der Waals surface area contributed by atoms with Gasteiger partial charge in [-0.2, -0.15) is 0 Å². The lowest BCUT2D eigenvalue weighted by Crippen LogP contribution is -2.67. The van der Waals surface area contributed by atoms with E-state index in [1.807, 2.05) is 4.90 Å². The Morgan fingerprint density at radius 2 is 1.71 bits per heavy atom. The van der Waals surface area contributed by atoms with Crippen molar-refractivity contribution >= 4 is 23.2 Å². The van der Waals surface area contributed by atoms with Crippen LogP contribution in [0.3, 0.4) is 0 Å². The van der Waals surface area contributed by atoms with Crippen LogP contribution in [0.4, 0.5) is 0 Å². The van der Waals surface area contributed by atoms with Crippen LogP contribution in [0.1, 0.15) is 24.5 Å². The quantitative estimate of drug-likeness (QED) is 0.198. The van der Waals surface area contributed by atoms with Gasteiger partial charge in [-0.05, 0) is 39.1 Å². The van der Waals surface area contributed by atoms with E-state index in [1.165, 1.54) is 30.0 Å². The molecule has 1 saturated heterocycles. The first-order valence-corrected chi connectivity index (χ1v) is 14.0. The summed E-state index contributed by atoms with van der Waals surface area (Å²) in [6.45, 7) is 4.58. The van der Waals surface area contributed by atoms with Gasteiger partial charge >= 0.3 is 0 Å². The molecule has 0 aromatic heterocycles. The fourth-order valence-corrected chi connectivity index (χ4v) is 7.07. The van der Waals surface area contributed by atoms with Crippen LogP contribution < -0.4 is 5.32 Å². The molecule has 0 radical (unpaired) electrons. The van der Waals surface area contributed by atoms with Crippen LogP contribution in [0.25, 0.3) is 5.76 Å². The number of benzene rings is 1. The Bertz CT molecular complexity index is 1380. The van der Waals surface area contributed by atoms with Gasteiger partial charge in [0.05, 0.1) is 30.5 Å². The first-order valence-electron chi connectivity index (χ1n) is 14.0. The second kappa shape index (κ2) is 10.7. The number of nitrogens with one attached hydrogen (secondary N) is 1. The Kier molecular flexibility index (Phi) is 7.71. The molecule has 5 rings (SSSR count). The molecule has 4 aliphatic rings. The summed E-state index contributed by atoms with van der Waals surface area (Å²) in [4.78, 5) is 46.7. The summed E-state index contributed by atoms with van der Waals surface area (Å²) >= 11 is 0. The predicted octanol–water partition coefficient (Wildman–Crippen LogP) is -1.17. The minimum absolute atomic E-state index is 0.0442. The number of carbonyl (C=O) groups is 3. The topological polar surface area (TPSA) is 194 Å². The third-order valence-corrected chi connectivity index (χ3v) is 9.35. The second-order valence-electron chi connectivity index (χ2n) is 11.9. The van der Waals surface area contributed by atoms with E-state index in [4.69, 9.17) is 5.11 Å². The molecule has 5 atom stereocenters. The van der Waals surface area contributed by atoms with Gasteiger partial charge in [-0.25, -0.2) is 0 Å². The number of carbonyl (C=O) groups excluding carboxylic acids is 3. The third-order valence-electron chi connectivity index (χ3n) is 9.35. The molecule has 2 fully saturated rings. The van der Waals surface area contributed by atoms with E-state index in [1.54, 1.807) is 14.1 Å². The Labute approximate surface area is 243 Å². The van der Waals surface area contributed by atoms with E-state index in [2.05, 4.69) is 10.2 Å². The Morgan fingerprint density at radius 3 is 2.33 bits per heavy atom. The molecular weight excluding hydrogens is 548 g/mol. The average molecular weight is 587 g/mol. The number of aliphatic hydroxyl groups excluding tert-OH is 3. The number of amides is 1. The van der Waals surface area contributed by atoms with Gasteiger partial charge in [-0.15, -0.1) is 0 Å². The predicted molar refractivity (Wildman–Crippen MR) is 149 cm³/mol. The first kappa shape index (κ1) is 30.1. The summed E-state index contributed by atoms with van der Waals surface area (Å²) in [5.41, 5.74) is -5.68. The van der Waals surface area contributed by atoms with Crippen molar-refractivity contribution < 1.29 is 45.0 Å². The molecule has 1 aromatic rings. The molecule has 0 spiro atoms. The van der Waals surface area contributed by atoms with Crippen LogP contribution in [0.5, 0.6) is 5.75 Å². The lowest BCUT2D eigenvalue weighted by atomic mass is 9.54. The van der Waals surface area contributed by atoms with Crippen molar-refractivity contribution in [3.8, 4) is 5.75 Å². The molecule has 1 amide bonds. The van der Waals surface area contributed by atoms with Crippen LogP contribution in [0.15, 0.2) is 35.1 Å². The number of likely N-dealkylation sites (N-methyl/N-ethyl adjacent to an activating group) is 1. The van der Waals surface area contributed by atoms with Crippen LogP contribution in [0.2, 0.25) is 0 Å². The minimum atomic E-state index is -2.76. The Balaban J connectivity index is 1.53. The van der Waals surface area contributed by atoms with Crippen molar-refractivity contribution in [3.63, 3.8) is 0 Å². The summed E-state index contributed by atoms with van der Waals surface area (Å²) in [5.74, 6) is -7.39. The van der Waals surface area contributed by atoms with Gasteiger partial charge in [0.15, 0.2) is 11.4 Å². The number of Topliss-reactive ketones (excluding diaryl/α,β-unsaturated/α-hetero) is 2.